The third-order valence-electron chi connectivity index (χ3n) is 9.01. The summed E-state index contributed by atoms with van der Waals surface area (Å²) in [4.78, 5) is 29.7. The van der Waals surface area contributed by atoms with Gasteiger partial charge in [0.05, 0.1) is 17.5 Å². The van der Waals surface area contributed by atoms with Crippen LogP contribution in [0.15, 0.2) is 42.5 Å². The third kappa shape index (κ3) is 4.98. The summed E-state index contributed by atoms with van der Waals surface area (Å²) in [6.45, 7) is 6.40. The number of nitrogens with zero attached hydrogens (tertiary/aromatic N) is 2. The number of rotatable bonds is 6. The van der Waals surface area contributed by atoms with Gasteiger partial charge in [-0.3, -0.25) is 4.79 Å². The second-order valence-corrected chi connectivity index (χ2v) is 11.3. The molecule has 2 aromatic rings. The molecule has 1 amide bonds. The van der Waals surface area contributed by atoms with E-state index in [9.17, 15) is 19.1 Å². The predicted molar refractivity (Wildman–Crippen MR) is 139 cm³/mol. The molecule has 1 saturated heterocycles. The molecule has 37 heavy (non-hydrogen) atoms. The zero-order valence-corrected chi connectivity index (χ0v) is 21.8. The molecule has 2 aliphatic heterocycles. The van der Waals surface area contributed by atoms with Crippen molar-refractivity contribution in [1.29, 1.82) is 0 Å². The van der Waals surface area contributed by atoms with Crippen molar-refractivity contribution >= 4 is 11.9 Å². The molecule has 6 nitrogen and oxygen atoms in total. The van der Waals surface area contributed by atoms with Gasteiger partial charge in [0.1, 0.15) is 12.4 Å². The number of aromatic carboxylic acids is 1. The lowest BCUT2D eigenvalue weighted by atomic mass is 9.74. The van der Waals surface area contributed by atoms with Crippen LogP contribution in [-0.4, -0.2) is 52.6 Å². The number of piperidine rings is 1. The summed E-state index contributed by atoms with van der Waals surface area (Å²) in [5, 5.41) is 9.34. The number of likely N-dealkylation sites (tertiary alicyclic amines) is 1. The van der Waals surface area contributed by atoms with Gasteiger partial charge in [0.15, 0.2) is 6.73 Å². The van der Waals surface area contributed by atoms with E-state index in [0.717, 1.165) is 62.1 Å². The van der Waals surface area contributed by atoms with E-state index in [1.165, 1.54) is 0 Å². The molecular formula is C30H37FN2O4. The largest absolute Gasteiger partial charge is 0.478 e. The first-order chi connectivity index (χ1) is 17.8. The summed E-state index contributed by atoms with van der Waals surface area (Å²) in [7, 11) is 0. The number of ether oxygens (including phenoxy) is 1. The molecule has 0 aromatic heterocycles. The van der Waals surface area contributed by atoms with Gasteiger partial charge in [-0.15, -0.1) is 0 Å². The molecule has 1 aliphatic carbocycles. The molecule has 1 N–H and O–H groups in total. The topological polar surface area (TPSA) is 70.1 Å². The Kier molecular flexibility index (Phi) is 7.26. The van der Waals surface area contributed by atoms with Crippen LogP contribution in [0.2, 0.25) is 0 Å². The highest BCUT2D eigenvalue weighted by Crippen LogP contribution is 2.48. The Balaban J connectivity index is 1.24. The van der Waals surface area contributed by atoms with Crippen molar-refractivity contribution in [3.8, 4) is 5.75 Å². The van der Waals surface area contributed by atoms with Crippen LogP contribution in [0.5, 0.6) is 5.75 Å². The van der Waals surface area contributed by atoms with E-state index in [2.05, 4.69) is 18.7 Å². The first kappa shape index (κ1) is 25.7. The fourth-order valence-corrected chi connectivity index (χ4v) is 6.67. The van der Waals surface area contributed by atoms with Crippen LogP contribution in [-0.2, 0) is 18.0 Å². The summed E-state index contributed by atoms with van der Waals surface area (Å²) < 4.78 is 19.1. The van der Waals surface area contributed by atoms with E-state index < -0.39 is 18.1 Å². The minimum Gasteiger partial charge on any atom is -0.478 e. The number of hydrogen-bond acceptors (Lipinski definition) is 4. The molecular weight excluding hydrogens is 471 g/mol. The van der Waals surface area contributed by atoms with Crippen LogP contribution in [0.3, 0.4) is 0 Å². The number of benzene rings is 2. The Hall–Kier alpha value is -2.93. The highest BCUT2D eigenvalue weighted by molar-refractivity contribution is 5.87. The Morgan fingerprint density at radius 1 is 1.14 bits per heavy atom. The molecule has 0 radical (unpaired) electrons. The van der Waals surface area contributed by atoms with Crippen LogP contribution < -0.4 is 4.74 Å². The average Bonchev–Trinajstić information content (AvgIpc) is 3.39. The number of carboxylic acids is 1. The Morgan fingerprint density at radius 2 is 1.92 bits per heavy atom. The molecule has 198 valence electrons. The second-order valence-electron chi connectivity index (χ2n) is 11.3. The van der Waals surface area contributed by atoms with Gasteiger partial charge in [-0.25, -0.2) is 9.18 Å². The van der Waals surface area contributed by atoms with Gasteiger partial charge >= 0.3 is 5.97 Å². The summed E-state index contributed by atoms with van der Waals surface area (Å²) in [5.41, 5.74) is 2.52. The Morgan fingerprint density at radius 3 is 2.62 bits per heavy atom. The number of carbonyl (C=O) groups is 2. The van der Waals surface area contributed by atoms with Crippen LogP contribution in [0, 0.1) is 11.3 Å². The quantitative estimate of drug-likeness (QED) is 0.550. The van der Waals surface area contributed by atoms with E-state index in [-0.39, 0.29) is 18.6 Å². The maximum absolute atomic E-state index is 14.0. The monoisotopic (exact) mass is 508 g/mol. The van der Waals surface area contributed by atoms with Crippen molar-refractivity contribution in [2.24, 2.45) is 11.3 Å². The zero-order valence-electron chi connectivity index (χ0n) is 21.8. The maximum Gasteiger partial charge on any atom is 0.335 e. The van der Waals surface area contributed by atoms with Crippen molar-refractivity contribution in [3.05, 3.63) is 64.7 Å². The van der Waals surface area contributed by atoms with Crippen LogP contribution in [0.25, 0.3) is 0 Å². The molecule has 7 heteroatoms. The van der Waals surface area contributed by atoms with Gasteiger partial charge in [-0.05, 0) is 92.4 Å². The first-order valence-electron chi connectivity index (χ1n) is 13.5. The van der Waals surface area contributed by atoms with Gasteiger partial charge in [-0.1, -0.05) is 32.0 Å². The highest BCUT2D eigenvalue weighted by atomic mass is 19.1. The number of carbonyl (C=O) groups excluding carboxylic acids is 1. The van der Waals surface area contributed by atoms with Crippen LogP contribution in [0.4, 0.5) is 4.39 Å². The second kappa shape index (κ2) is 10.4. The molecule has 0 spiro atoms. The Bertz CT molecular complexity index is 1160. The molecule has 1 saturated carbocycles. The van der Waals surface area contributed by atoms with E-state index >= 15 is 0 Å². The van der Waals surface area contributed by atoms with E-state index in [4.69, 9.17) is 4.74 Å². The summed E-state index contributed by atoms with van der Waals surface area (Å²) in [5.74, 6) is 0.584. The number of halogens is 1. The van der Waals surface area contributed by atoms with Crippen molar-refractivity contribution < 1.29 is 23.8 Å². The van der Waals surface area contributed by atoms with Crippen molar-refractivity contribution in [1.82, 2.24) is 9.80 Å². The number of alkyl halides is 1. The fraction of sp³-hybridized carbons (Fsp3) is 0.533. The molecule has 0 unspecified atom stereocenters. The smallest absolute Gasteiger partial charge is 0.335 e. The van der Waals surface area contributed by atoms with Gasteiger partial charge in [-0.2, -0.15) is 0 Å². The third-order valence-corrected chi connectivity index (χ3v) is 9.01. The summed E-state index contributed by atoms with van der Waals surface area (Å²) >= 11 is 0. The molecule has 2 heterocycles. The summed E-state index contributed by atoms with van der Waals surface area (Å²) in [6, 6.07) is 13.1. The van der Waals surface area contributed by atoms with Crippen molar-refractivity contribution in [2.75, 3.05) is 19.8 Å². The lowest BCUT2D eigenvalue weighted by molar-refractivity contribution is -0.150. The molecule has 0 bridgehead atoms. The molecule has 5 rings (SSSR count). The fourth-order valence-electron chi connectivity index (χ4n) is 6.67. The van der Waals surface area contributed by atoms with Gasteiger partial charge in [0.25, 0.3) is 0 Å². The number of amides is 1. The average molecular weight is 509 g/mol. The van der Waals surface area contributed by atoms with Crippen molar-refractivity contribution in [2.45, 2.75) is 71.1 Å². The number of fused-ring (bicyclic) bond motifs is 1. The number of carboxylic acid groups (broad SMARTS) is 1. The van der Waals surface area contributed by atoms with Crippen LogP contribution in [0.1, 0.15) is 78.9 Å². The van der Waals surface area contributed by atoms with Gasteiger partial charge < -0.3 is 19.6 Å². The maximum atomic E-state index is 14.0. The minimum absolute atomic E-state index is 0.154. The predicted octanol–water partition coefficient (Wildman–Crippen LogP) is 5.61. The Labute approximate surface area is 218 Å². The SMILES string of the molecule is CC(C)[C@]1(C(=O)N2COc3ccc(CF)cc3C2)CC[C@@H](N2CCC(c3cccc(C(=O)O)c3)CC2)C1. The number of hydrogen-bond donors (Lipinski definition) is 1. The van der Waals surface area contributed by atoms with Gasteiger partial charge in [0, 0.05) is 11.6 Å². The zero-order chi connectivity index (χ0) is 26.2. The lowest BCUT2D eigenvalue weighted by Gasteiger charge is -2.41. The minimum atomic E-state index is -0.884. The lowest BCUT2D eigenvalue weighted by Crippen LogP contribution is -2.49. The normalized spacial score (nSPS) is 24.6. The molecule has 2 aromatic carbocycles. The summed E-state index contributed by atoms with van der Waals surface area (Å²) in [6.07, 6.45) is 4.70. The first-order valence-corrected chi connectivity index (χ1v) is 13.5. The molecule has 2 atom stereocenters. The molecule has 3 aliphatic rings. The van der Waals surface area contributed by atoms with E-state index in [1.54, 1.807) is 18.2 Å². The standard InChI is InChI=1S/C30H37FN2O4/c1-20(2)30(29(36)33-18-25-14-21(17-31)6-7-27(25)37-19-33)11-8-26(16-30)32-12-9-22(10-13-32)23-4-3-5-24(15-23)28(34)35/h3-7,14-15,20,22,26H,8-13,16-19H2,1-2H3,(H,34,35)/t26-,30+/m1/s1. The van der Waals surface area contributed by atoms with E-state index in [1.807, 2.05) is 29.2 Å². The van der Waals surface area contributed by atoms with Gasteiger partial charge in [0.2, 0.25) is 5.91 Å². The molecule has 2 fully saturated rings. The van der Waals surface area contributed by atoms with Crippen LogP contribution >= 0.6 is 0 Å². The van der Waals surface area contributed by atoms with Crippen molar-refractivity contribution in [3.63, 3.8) is 0 Å². The highest BCUT2D eigenvalue weighted by Gasteiger charge is 2.51. The van der Waals surface area contributed by atoms with E-state index in [0.29, 0.717) is 29.6 Å².